The Morgan fingerprint density at radius 2 is 2.00 bits per heavy atom. The molecule has 0 aromatic heterocycles. The zero-order valence-corrected chi connectivity index (χ0v) is 22.1. The fraction of sp³-hybridized carbons (Fsp3) is 0.581. The number of likely N-dealkylation sites (tertiary alicyclic amines) is 1. The van der Waals surface area contributed by atoms with Gasteiger partial charge in [0.2, 0.25) is 0 Å². The van der Waals surface area contributed by atoms with Crippen LogP contribution in [0.15, 0.2) is 48.5 Å². The summed E-state index contributed by atoms with van der Waals surface area (Å²) in [5.74, 6) is 1.47. The molecule has 0 radical (unpaired) electrons. The van der Waals surface area contributed by atoms with Gasteiger partial charge in [-0.2, -0.15) is 0 Å². The lowest BCUT2D eigenvalue weighted by molar-refractivity contribution is 0.00533. The number of nitrogens with zero attached hydrogens (tertiary/aromatic N) is 2. The van der Waals surface area contributed by atoms with Crippen molar-refractivity contribution < 1.29 is 9.53 Å². The lowest BCUT2D eigenvalue weighted by atomic mass is 9.77. The number of ether oxygens (including phenoxy) is 1. The molecule has 1 N–H and O–H groups in total. The molecule has 3 heterocycles. The van der Waals surface area contributed by atoms with Gasteiger partial charge in [0.15, 0.2) is 0 Å². The summed E-state index contributed by atoms with van der Waals surface area (Å²) < 4.78 is 5.99. The maximum atomic E-state index is 13.6. The highest BCUT2D eigenvalue weighted by Gasteiger charge is 2.44. The smallest absolute Gasteiger partial charge is 0.318 e. The third-order valence-corrected chi connectivity index (χ3v) is 8.60. The van der Waals surface area contributed by atoms with Gasteiger partial charge in [-0.15, -0.1) is 0 Å². The van der Waals surface area contributed by atoms with E-state index < -0.39 is 0 Å². The second kappa shape index (κ2) is 11.7. The van der Waals surface area contributed by atoms with Crippen LogP contribution in [0.1, 0.15) is 87.6 Å². The van der Waals surface area contributed by atoms with E-state index in [1.807, 2.05) is 12.1 Å². The molecule has 194 valence electrons. The van der Waals surface area contributed by atoms with Gasteiger partial charge in [-0.3, -0.25) is 4.90 Å². The number of hydrogen-bond acceptors (Lipinski definition) is 3. The molecule has 3 aliphatic heterocycles. The zero-order valence-electron chi connectivity index (χ0n) is 22.1. The van der Waals surface area contributed by atoms with Crippen molar-refractivity contribution in [2.75, 3.05) is 26.2 Å². The molecule has 0 unspecified atom stereocenters. The molecule has 5 heteroatoms. The lowest BCUT2D eigenvalue weighted by Gasteiger charge is -2.52. The van der Waals surface area contributed by atoms with Crippen LogP contribution in [-0.2, 0) is 6.42 Å². The Morgan fingerprint density at radius 1 is 1.11 bits per heavy atom. The van der Waals surface area contributed by atoms with Crippen molar-refractivity contribution in [3.63, 3.8) is 0 Å². The van der Waals surface area contributed by atoms with Crippen LogP contribution in [0.4, 0.5) is 4.79 Å². The Hall–Kier alpha value is -2.53. The average molecular weight is 490 g/mol. The molecular formula is C31H43N3O2. The van der Waals surface area contributed by atoms with E-state index in [-0.39, 0.29) is 12.1 Å². The topological polar surface area (TPSA) is 44.8 Å². The van der Waals surface area contributed by atoms with E-state index >= 15 is 0 Å². The predicted molar refractivity (Wildman–Crippen MR) is 145 cm³/mol. The van der Waals surface area contributed by atoms with Gasteiger partial charge in [-0.05, 0) is 73.8 Å². The molecule has 2 aromatic rings. The number of hydrogen-bond donors (Lipinski definition) is 1. The Balaban J connectivity index is 1.22. The summed E-state index contributed by atoms with van der Waals surface area (Å²) in [4.78, 5) is 18.4. The van der Waals surface area contributed by atoms with E-state index in [0.29, 0.717) is 18.0 Å². The number of fused-ring (bicyclic) bond motifs is 4. The third kappa shape index (κ3) is 5.56. The summed E-state index contributed by atoms with van der Waals surface area (Å²) in [5, 5.41) is 3.32. The number of nitrogens with one attached hydrogen (secondary N) is 1. The molecule has 2 aromatic carbocycles. The van der Waals surface area contributed by atoms with Crippen molar-refractivity contribution in [2.45, 2.75) is 83.3 Å². The molecule has 36 heavy (non-hydrogen) atoms. The largest absolute Gasteiger partial charge is 0.494 e. The maximum absolute atomic E-state index is 13.6. The average Bonchev–Trinajstić information content (AvgIpc) is 2.91. The molecule has 0 saturated carbocycles. The number of amides is 2. The van der Waals surface area contributed by atoms with E-state index in [9.17, 15) is 4.79 Å². The summed E-state index contributed by atoms with van der Waals surface area (Å²) in [6.45, 7) is 8.17. The van der Waals surface area contributed by atoms with E-state index in [0.717, 1.165) is 63.2 Å². The summed E-state index contributed by atoms with van der Waals surface area (Å²) in [7, 11) is 0. The molecule has 0 aliphatic carbocycles. The molecule has 2 fully saturated rings. The van der Waals surface area contributed by atoms with Crippen molar-refractivity contribution in [3.8, 4) is 5.75 Å². The van der Waals surface area contributed by atoms with Crippen molar-refractivity contribution in [2.24, 2.45) is 5.92 Å². The maximum Gasteiger partial charge on any atom is 0.318 e. The first-order valence-corrected chi connectivity index (χ1v) is 14.3. The van der Waals surface area contributed by atoms with Crippen molar-refractivity contribution in [3.05, 3.63) is 65.2 Å². The molecule has 0 spiro atoms. The highest BCUT2D eigenvalue weighted by atomic mass is 16.5. The van der Waals surface area contributed by atoms with Crippen molar-refractivity contribution in [1.29, 1.82) is 0 Å². The standard InChI is InChI=1S/C31H43N3O2/c1-3-4-5-8-19-36-27-14-9-12-25(20-27)23(2)32-31(35)34-17-10-13-26-22-33-18-16-24-11-6-7-15-28(24)30(33)21-29(26)34/h6-7,9,11-12,14-15,20,23,26,29-30H,3-5,8,10,13,16-19,21-22H2,1-2H3,(H,32,35)/t23-,26+,29-,30-/m1/s1. The van der Waals surface area contributed by atoms with E-state index in [2.05, 4.69) is 65.4 Å². The number of benzene rings is 2. The Kier molecular flexibility index (Phi) is 8.15. The molecule has 2 saturated heterocycles. The highest BCUT2D eigenvalue weighted by molar-refractivity contribution is 5.75. The number of carbonyl (C=O) groups is 1. The van der Waals surface area contributed by atoms with Crippen LogP contribution in [0.5, 0.6) is 5.75 Å². The van der Waals surface area contributed by atoms with Gasteiger partial charge in [0.25, 0.3) is 0 Å². The van der Waals surface area contributed by atoms with Gasteiger partial charge in [-0.1, -0.05) is 62.6 Å². The minimum absolute atomic E-state index is 0.0583. The summed E-state index contributed by atoms with van der Waals surface area (Å²) >= 11 is 0. The number of carbonyl (C=O) groups excluding carboxylic acids is 1. The first kappa shape index (κ1) is 25.1. The molecule has 4 atom stereocenters. The third-order valence-electron chi connectivity index (χ3n) is 8.60. The van der Waals surface area contributed by atoms with Crippen LogP contribution < -0.4 is 10.1 Å². The Labute approximate surface area is 217 Å². The van der Waals surface area contributed by atoms with Crippen molar-refractivity contribution >= 4 is 6.03 Å². The Morgan fingerprint density at radius 3 is 2.89 bits per heavy atom. The van der Waals surface area contributed by atoms with Gasteiger partial charge in [0.1, 0.15) is 5.75 Å². The summed E-state index contributed by atoms with van der Waals surface area (Å²) in [5.41, 5.74) is 4.07. The first-order chi connectivity index (χ1) is 17.6. The van der Waals surface area contributed by atoms with Crippen LogP contribution >= 0.6 is 0 Å². The number of unbranched alkanes of at least 4 members (excludes halogenated alkanes) is 3. The molecule has 5 nitrogen and oxygen atoms in total. The van der Waals surface area contributed by atoms with Crippen LogP contribution in [0.3, 0.4) is 0 Å². The van der Waals surface area contributed by atoms with Crippen molar-refractivity contribution in [1.82, 2.24) is 15.1 Å². The minimum Gasteiger partial charge on any atom is -0.494 e. The second-order valence-electron chi connectivity index (χ2n) is 11.0. The van der Waals surface area contributed by atoms with E-state index in [1.54, 1.807) is 0 Å². The quantitative estimate of drug-likeness (QED) is 0.431. The van der Waals surface area contributed by atoms with Gasteiger partial charge >= 0.3 is 6.03 Å². The molecular weight excluding hydrogens is 446 g/mol. The Bertz CT molecular complexity index is 1020. The first-order valence-electron chi connectivity index (χ1n) is 14.3. The number of urea groups is 1. The summed E-state index contributed by atoms with van der Waals surface area (Å²) in [6.07, 6.45) is 9.31. The van der Waals surface area contributed by atoms with Gasteiger partial charge in [-0.25, -0.2) is 4.79 Å². The summed E-state index contributed by atoms with van der Waals surface area (Å²) in [6, 6.07) is 17.9. The van der Waals surface area contributed by atoms with Gasteiger partial charge < -0.3 is 15.0 Å². The minimum atomic E-state index is -0.0583. The van der Waals surface area contributed by atoms with E-state index in [4.69, 9.17) is 4.74 Å². The normalized spacial score (nSPS) is 24.3. The van der Waals surface area contributed by atoms with Crippen LogP contribution in [0.2, 0.25) is 0 Å². The molecule has 5 rings (SSSR count). The predicted octanol–water partition coefficient (Wildman–Crippen LogP) is 6.50. The molecule has 2 amide bonds. The fourth-order valence-electron chi connectivity index (χ4n) is 6.59. The molecule has 0 bridgehead atoms. The van der Waals surface area contributed by atoms with Gasteiger partial charge in [0.05, 0.1) is 12.6 Å². The second-order valence-corrected chi connectivity index (χ2v) is 11.0. The van der Waals surface area contributed by atoms with Gasteiger partial charge in [0, 0.05) is 31.7 Å². The number of rotatable bonds is 8. The SMILES string of the molecule is CCCCCCOc1cccc([C@@H](C)NC(=O)N2CCC[C@H]3CN4CCc5ccccc5[C@H]4C[C@H]32)c1. The zero-order chi connectivity index (χ0) is 24.9. The fourth-order valence-corrected chi connectivity index (χ4v) is 6.59. The number of piperidine rings is 2. The lowest BCUT2D eigenvalue weighted by Crippen LogP contribution is -2.59. The monoisotopic (exact) mass is 489 g/mol. The van der Waals surface area contributed by atoms with Crippen LogP contribution in [-0.4, -0.2) is 48.1 Å². The van der Waals surface area contributed by atoms with Crippen LogP contribution in [0.25, 0.3) is 0 Å². The van der Waals surface area contributed by atoms with Crippen LogP contribution in [0, 0.1) is 5.92 Å². The molecule has 3 aliphatic rings. The highest BCUT2D eigenvalue weighted by Crippen LogP contribution is 2.42. The van der Waals surface area contributed by atoms with E-state index in [1.165, 1.54) is 36.8 Å².